The van der Waals surface area contributed by atoms with Gasteiger partial charge in [0, 0.05) is 5.92 Å². The number of amidine groups is 1. The molecule has 0 amide bonds. The van der Waals surface area contributed by atoms with E-state index in [0.717, 1.165) is 0 Å². The Hall–Kier alpha value is -2.48. The zero-order valence-electron chi connectivity index (χ0n) is 11.4. The van der Waals surface area contributed by atoms with E-state index in [-0.39, 0.29) is 19.0 Å². The number of aliphatic imine (C=N–C) groups is 1. The molecular formula is C15H11FN4O2. The van der Waals surface area contributed by atoms with Gasteiger partial charge in [0.15, 0.2) is 5.41 Å². The minimum Gasteiger partial charge on any atom is -0.386 e. The predicted octanol–water partition coefficient (Wildman–Crippen LogP) is 1.01. The highest BCUT2D eigenvalue weighted by Gasteiger charge is 2.94. The highest BCUT2D eigenvalue weighted by atomic mass is 19.1. The molecule has 1 aromatic carbocycles. The summed E-state index contributed by atoms with van der Waals surface area (Å²) in [5, 5.41) is 19.5. The van der Waals surface area contributed by atoms with Gasteiger partial charge >= 0.3 is 0 Å². The Bertz CT molecular complexity index is 789. The van der Waals surface area contributed by atoms with Gasteiger partial charge in [0.2, 0.25) is 0 Å². The number of halogens is 1. The number of hydrogen-bond acceptors (Lipinski definition) is 6. The van der Waals surface area contributed by atoms with Crippen molar-refractivity contribution in [3.63, 3.8) is 0 Å². The Morgan fingerprint density at radius 3 is 2.59 bits per heavy atom. The summed E-state index contributed by atoms with van der Waals surface area (Å²) in [4.78, 5) is 4.15. The van der Waals surface area contributed by atoms with Gasteiger partial charge in [-0.25, -0.2) is 9.38 Å². The summed E-state index contributed by atoms with van der Waals surface area (Å²) in [6.45, 7) is 0.523. The smallest absolute Gasteiger partial charge is 0.293 e. The van der Waals surface area contributed by atoms with Crippen LogP contribution in [0.5, 0.6) is 0 Å². The molecule has 1 saturated heterocycles. The summed E-state index contributed by atoms with van der Waals surface area (Å²) in [6.07, 6.45) is 0. The molecule has 2 fully saturated rings. The number of rotatable bonds is 1. The highest BCUT2D eigenvalue weighted by molar-refractivity contribution is 6.00. The van der Waals surface area contributed by atoms with Crippen LogP contribution >= 0.6 is 0 Å². The Labute approximate surface area is 125 Å². The van der Waals surface area contributed by atoms with Crippen LogP contribution < -0.4 is 5.73 Å². The average molecular weight is 298 g/mol. The summed E-state index contributed by atoms with van der Waals surface area (Å²) in [5.74, 6) is -2.64. The van der Waals surface area contributed by atoms with Gasteiger partial charge in [-0.15, -0.1) is 0 Å². The molecule has 1 aliphatic carbocycles. The molecule has 2 aliphatic heterocycles. The largest absolute Gasteiger partial charge is 0.386 e. The van der Waals surface area contributed by atoms with Gasteiger partial charge in [-0.1, -0.05) is 12.1 Å². The van der Waals surface area contributed by atoms with Crippen LogP contribution in [0.1, 0.15) is 11.5 Å². The molecular weight excluding hydrogens is 287 g/mol. The van der Waals surface area contributed by atoms with E-state index in [1.807, 2.05) is 0 Å². The van der Waals surface area contributed by atoms with Crippen LogP contribution in [-0.2, 0) is 9.47 Å². The normalized spacial score (nSPS) is 37.2. The summed E-state index contributed by atoms with van der Waals surface area (Å²) in [6, 6.07) is 10.1. The lowest BCUT2D eigenvalue weighted by atomic mass is 9.94. The lowest BCUT2D eigenvalue weighted by molar-refractivity contribution is -0.184. The third kappa shape index (κ3) is 1.11. The van der Waals surface area contributed by atoms with Crippen LogP contribution in [0.2, 0.25) is 0 Å². The predicted molar refractivity (Wildman–Crippen MR) is 71.5 cm³/mol. The second-order valence-electron chi connectivity index (χ2n) is 5.60. The lowest BCUT2D eigenvalue weighted by Crippen LogP contribution is -2.38. The van der Waals surface area contributed by atoms with Crippen LogP contribution in [0.3, 0.4) is 0 Å². The number of nitrogens with zero attached hydrogens (tertiary/aromatic N) is 3. The van der Waals surface area contributed by atoms with Crippen molar-refractivity contribution in [1.82, 2.24) is 0 Å². The molecule has 6 nitrogen and oxygen atoms in total. The first-order chi connectivity index (χ1) is 10.6. The summed E-state index contributed by atoms with van der Waals surface area (Å²) in [7, 11) is 0. The van der Waals surface area contributed by atoms with Gasteiger partial charge in [-0.05, 0) is 17.7 Å². The number of nitriles is 2. The molecule has 110 valence electrons. The fourth-order valence-corrected chi connectivity index (χ4v) is 3.90. The number of ether oxygens (including phenoxy) is 2. The van der Waals surface area contributed by atoms with Crippen molar-refractivity contribution in [1.29, 1.82) is 10.5 Å². The standard InChI is InChI=1S/C15H11FN4O2/c16-10-3-1-2-9(6-10)11-13(7-17)12(19)20-15(14(11,13)8-18)21-4-5-22-15/h1-3,6,11H,4-5H2,(H2,19,20)/t11-,13-,14+/m0/s1. The van der Waals surface area contributed by atoms with E-state index in [4.69, 9.17) is 15.2 Å². The Balaban J connectivity index is 1.94. The maximum absolute atomic E-state index is 13.6. The van der Waals surface area contributed by atoms with Crippen molar-refractivity contribution < 1.29 is 13.9 Å². The lowest BCUT2D eigenvalue weighted by Gasteiger charge is -2.25. The maximum Gasteiger partial charge on any atom is 0.293 e. The fraction of sp³-hybridized carbons (Fsp3) is 0.400. The molecule has 3 aliphatic rings. The third-order valence-corrected chi connectivity index (χ3v) is 4.79. The second kappa shape index (κ2) is 3.83. The van der Waals surface area contributed by atoms with Gasteiger partial charge in [-0.2, -0.15) is 10.5 Å². The van der Waals surface area contributed by atoms with E-state index in [1.54, 1.807) is 6.07 Å². The number of fused-ring (bicyclic) bond motifs is 2. The quantitative estimate of drug-likeness (QED) is 0.833. The van der Waals surface area contributed by atoms with E-state index in [2.05, 4.69) is 17.1 Å². The molecule has 0 unspecified atom stereocenters. The molecule has 2 heterocycles. The topological polar surface area (TPSA) is 104 Å². The van der Waals surface area contributed by atoms with Gasteiger partial charge in [-0.3, -0.25) is 0 Å². The number of hydrogen-bond donors (Lipinski definition) is 1. The SMILES string of the molecule is N#C[C@@]12[C@@H](c3cccc(F)c3)[C@@]1(C#N)C(N)=NC21OCCO1. The molecule has 7 heteroatoms. The zero-order valence-corrected chi connectivity index (χ0v) is 11.4. The van der Waals surface area contributed by atoms with Gasteiger partial charge in [0.1, 0.15) is 17.1 Å². The highest BCUT2D eigenvalue weighted by Crippen LogP contribution is 2.82. The first-order valence-electron chi connectivity index (χ1n) is 6.80. The van der Waals surface area contributed by atoms with Crippen LogP contribution in [0.25, 0.3) is 0 Å². The third-order valence-electron chi connectivity index (χ3n) is 4.79. The van der Waals surface area contributed by atoms with Crippen molar-refractivity contribution in [2.75, 3.05) is 13.2 Å². The number of nitrogens with two attached hydrogens (primary N) is 1. The van der Waals surface area contributed by atoms with E-state index in [0.29, 0.717) is 5.56 Å². The minimum absolute atomic E-state index is 0.00714. The Morgan fingerprint density at radius 1 is 1.27 bits per heavy atom. The van der Waals surface area contributed by atoms with Crippen LogP contribution in [-0.4, -0.2) is 25.0 Å². The van der Waals surface area contributed by atoms with Crippen LogP contribution in [0.4, 0.5) is 4.39 Å². The molecule has 3 atom stereocenters. The van der Waals surface area contributed by atoms with Crippen LogP contribution in [0.15, 0.2) is 29.3 Å². The van der Waals surface area contributed by atoms with Crippen LogP contribution in [0, 0.1) is 39.3 Å². The van der Waals surface area contributed by atoms with Gasteiger partial charge in [0.25, 0.3) is 5.91 Å². The molecule has 1 aromatic rings. The summed E-state index contributed by atoms with van der Waals surface area (Å²) >= 11 is 0. The minimum atomic E-state index is -1.57. The average Bonchev–Trinajstić information content (AvgIpc) is 2.77. The molecule has 1 saturated carbocycles. The Morgan fingerprint density at radius 2 is 2.00 bits per heavy atom. The van der Waals surface area contributed by atoms with Crippen molar-refractivity contribution in [3.8, 4) is 12.1 Å². The van der Waals surface area contributed by atoms with Gasteiger partial charge < -0.3 is 15.2 Å². The van der Waals surface area contributed by atoms with Gasteiger partial charge in [0.05, 0.1) is 25.4 Å². The van der Waals surface area contributed by atoms with E-state index in [9.17, 15) is 14.9 Å². The molecule has 2 N–H and O–H groups in total. The number of benzene rings is 1. The monoisotopic (exact) mass is 298 g/mol. The van der Waals surface area contributed by atoms with E-state index >= 15 is 0 Å². The molecule has 0 aromatic heterocycles. The van der Waals surface area contributed by atoms with E-state index < -0.39 is 28.5 Å². The molecule has 0 radical (unpaired) electrons. The fourth-order valence-electron chi connectivity index (χ4n) is 3.90. The van der Waals surface area contributed by atoms with Crippen molar-refractivity contribution in [3.05, 3.63) is 35.6 Å². The zero-order chi connectivity index (χ0) is 15.6. The molecule has 0 bridgehead atoms. The first kappa shape index (κ1) is 13.2. The molecule has 22 heavy (non-hydrogen) atoms. The van der Waals surface area contributed by atoms with Crippen molar-refractivity contribution in [2.45, 2.75) is 11.8 Å². The summed E-state index contributed by atoms with van der Waals surface area (Å²) < 4.78 is 24.7. The Kier molecular flexibility index (Phi) is 2.30. The molecule has 4 rings (SSSR count). The second-order valence-corrected chi connectivity index (χ2v) is 5.60. The van der Waals surface area contributed by atoms with E-state index in [1.165, 1.54) is 18.2 Å². The maximum atomic E-state index is 13.6. The molecule has 1 spiro atoms. The van der Waals surface area contributed by atoms with Crippen molar-refractivity contribution >= 4 is 5.84 Å². The van der Waals surface area contributed by atoms with Crippen molar-refractivity contribution in [2.24, 2.45) is 21.6 Å². The summed E-state index contributed by atoms with van der Waals surface area (Å²) in [5.41, 5.74) is 3.75. The first-order valence-corrected chi connectivity index (χ1v) is 6.80.